The van der Waals surface area contributed by atoms with E-state index in [1.54, 1.807) is 0 Å². The standard InChI is InChI=1S/C22H17F21O2/c1-12(2,3)45-44-11(10-7-5-4-6-8-10)9-13(23,24)14(25,26)15(27,28)16(29,30)17(31,32)18(33,34)19(35,36)20(37,38)21(39,40)22(41,42)43/h4-8,11H,9H2,1-3H3. The summed E-state index contributed by atoms with van der Waals surface area (Å²) in [4.78, 5) is 8.97. The molecule has 0 amide bonds. The van der Waals surface area contributed by atoms with Crippen LogP contribution in [0, 0.1) is 0 Å². The van der Waals surface area contributed by atoms with Gasteiger partial charge in [-0.3, -0.25) is 0 Å². The van der Waals surface area contributed by atoms with Crippen molar-refractivity contribution in [3.05, 3.63) is 35.9 Å². The third-order valence-electron chi connectivity index (χ3n) is 5.60. The molecule has 0 saturated heterocycles. The van der Waals surface area contributed by atoms with Crippen molar-refractivity contribution in [3.63, 3.8) is 0 Å². The Morgan fingerprint density at radius 1 is 0.467 bits per heavy atom. The van der Waals surface area contributed by atoms with Gasteiger partial charge < -0.3 is 0 Å². The van der Waals surface area contributed by atoms with Crippen LogP contribution in [-0.4, -0.2) is 65.1 Å². The van der Waals surface area contributed by atoms with E-state index in [0.717, 1.165) is 51.1 Å². The monoisotopic (exact) mass is 712 g/mol. The minimum Gasteiger partial charge on any atom is -0.230 e. The van der Waals surface area contributed by atoms with Gasteiger partial charge in [-0.05, 0) is 26.3 Å². The maximum absolute atomic E-state index is 14.6. The van der Waals surface area contributed by atoms with Crippen LogP contribution in [0.4, 0.5) is 92.2 Å². The van der Waals surface area contributed by atoms with Crippen molar-refractivity contribution in [1.82, 2.24) is 0 Å². The first-order valence-electron chi connectivity index (χ1n) is 11.3. The molecule has 0 fully saturated rings. The molecule has 0 N–H and O–H groups in total. The molecule has 23 heteroatoms. The lowest BCUT2D eigenvalue weighted by atomic mass is 9.85. The molecule has 0 radical (unpaired) electrons. The number of hydrogen-bond acceptors (Lipinski definition) is 2. The lowest BCUT2D eigenvalue weighted by Gasteiger charge is -2.44. The SMILES string of the molecule is CC(C)(C)OOC(CC(F)(F)C(F)(F)C(F)(F)C(F)(F)C(F)(F)C(F)(F)C(F)(F)C(F)(F)C(F)(F)C(F)(F)F)c1ccccc1. The van der Waals surface area contributed by atoms with Crippen LogP contribution in [0.3, 0.4) is 0 Å². The van der Waals surface area contributed by atoms with Crippen molar-refractivity contribution >= 4 is 0 Å². The minimum absolute atomic E-state index is 0.698. The van der Waals surface area contributed by atoms with Crippen LogP contribution in [0.15, 0.2) is 30.3 Å². The molecule has 1 unspecified atom stereocenters. The molecule has 1 atom stereocenters. The van der Waals surface area contributed by atoms with Gasteiger partial charge in [0.1, 0.15) is 6.10 Å². The summed E-state index contributed by atoms with van der Waals surface area (Å²) in [5.74, 6) is -77.5. The molecule has 0 aliphatic heterocycles. The van der Waals surface area contributed by atoms with Crippen LogP contribution in [-0.2, 0) is 9.78 Å². The molecular weight excluding hydrogens is 695 g/mol. The average molecular weight is 712 g/mol. The first kappa shape index (κ1) is 40.7. The highest BCUT2D eigenvalue weighted by atomic mass is 19.4. The van der Waals surface area contributed by atoms with Gasteiger partial charge in [-0.15, -0.1) is 0 Å². The maximum Gasteiger partial charge on any atom is 0.460 e. The normalized spacial score (nSPS) is 16.6. The van der Waals surface area contributed by atoms with Gasteiger partial charge in [0.2, 0.25) is 0 Å². The summed E-state index contributed by atoms with van der Waals surface area (Å²) in [5.41, 5.74) is -2.22. The predicted octanol–water partition coefficient (Wildman–Crippen LogP) is 10.1. The fraction of sp³-hybridized carbons (Fsp3) is 0.727. The highest BCUT2D eigenvalue weighted by Gasteiger charge is 2.97. The second-order valence-electron chi connectivity index (χ2n) is 10.2. The number of hydrogen-bond donors (Lipinski definition) is 0. The molecule has 0 bridgehead atoms. The summed E-state index contributed by atoms with van der Waals surface area (Å²) >= 11 is 0. The Hall–Kier alpha value is -2.33. The highest BCUT2D eigenvalue weighted by Crippen LogP contribution is 2.66. The van der Waals surface area contributed by atoms with Crippen LogP contribution in [0.1, 0.15) is 38.9 Å². The number of halogens is 21. The fourth-order valence-electron chi connectivity index (χ4n) is 3.03. The Morgan fingerprint density at radius 3 is 1.09 bits per heavy atom. The first-order valence-corrected chi connectivity index (χ1v) is 11.3. The largest absolute Gasteiger partial charge is 0.460 e. The lowest BCUT2D eigenvalue weighted by molar-refractivity contribution is -0.475. The van der Waals surface area contributed by atoms with E-state index in [2.05, 4.69) is 9.78 Å². The zero-order valence-corrected chi connectivity index (χ0v) is 21.9. The van der Waals surface area contributed by atoms with E-state index < -0.39 is 83.2 Å². The second kappa shape index (κ2) is 11.4. The van der Waals surface area contributed by atoms with Crippen LogP contribution >= 0.6 is 0 Å². The van der Waals surface area contributed by atoms with Crippen molar-refractivity contribution in [2.75, 3.05) is 0 Å². The second-order valence-corrected chi connectivity index (χ2v) is 10.2. The van der Waals surface area contributed by atoms with Gasteiger partial charge in [0.15, 0.2) is 0 Å². The fourth-order valence-corrected chi connectivity index (χ4v) is 3.03. The maximum atomic E-state index is 14.6. The summed E-state index contributed by atoms with van der Waals surface area (Å²) in [5, 5.41) is 0. The summed E-state index contributed by atoms with van der Waals surface area (Å²) in [6.07, 6.45) is -13.7. The van der Waals surface area contributed by atoms with Crippen molar-refractivity contribution in [2.24, 2.45) is 0 Å². The van der Waals surface area contributed by atoms with Crippen LogP contribution in [0.5, 0.6) is 0 Å². The van der Waals surface area contributed by atoms with E-state index >= 15 is 0 Å². The minimum atomic E-state index is -9.22. The molecule has 264 valence electrons. The van der Waals surface area contributed by atoms with Crippen LogP contribution in [0.2, 0.25) is 0 Å². The smallest absolute Gasteiger partial charge is 0.230 e. The van der Waals surface area contributed by atoms with E-state index in [9.17, 15) is 92.2 Å². The van der Waals surface area contributed by atoms with Gasteiger partial charge in [0, 0.05) is 0 Å². The third kappa shape index (κ3) is 6.34. The zero-order chi connectivity index (χ0) is 36.3. The Labute approximate surface area is 237 Å². The molecule has 45 heavy (non-hydrogen) atoms. The van der Waals surface area contributed by atoms with Crippen molar-refractivity contribution in [3.8, 4) is 0 Å². The van der Waals surface area contributed by atoms with E-state index in [0.29, 0.717) is 0 Å². The van der Waals surface area contributed by atoms with Gasteiger partial charge in [-0.25, -0.2) is 9.78 Å². The van der Waals surface area contributed by atoms with E-state index in [1.165, 1.54) is 0 Å². The molecule has 1 aromatic rings. The molecule has 0 heterocycles. The molecule has 0 saturated carbocycles. The first-order chi connectivity index (χ1) is 19.4. The molecule has 0 aliphatic rings. The van der Waals surface area contributed by atoms with Crippen LogP contribution < -0.4 is 0 Å². The molecule has 0 aliphatic carbocycles. The van der Waals surface area contributed by atoms with Crippen molar-refractivity contribution in [2.45, 2.75) is 98.4 Å². The lowest BCUT2D eigenvalue weighted by Crippen LogP contribution is -2.76. The molecule has 0 aromatic heterocycles. The zero-order valence-electron chi connectivity index (χ0n) is 21.9. The topological polar surface area (TPSA) is 18.5 Å². The van der Waals surface area contributed by atoms with Gasteiger partial charge >= 0.3 is 59.5 Å². The summed E-state index contributed by atoms with van der Waals surface area (Å²) < 4.78 is 286. The highest BCUT2D eigenvalue weighted by molar-refractivity contribution is 5.20. The summed E-state index contributed by atoms with van der Waals surface area (Å²) in [6, 6.07) is 4.54. The molecule has 1 rings (SSSR count). The summed E-state index contributed by atoms with van der Waals surface area (Å²) in [7, 11) is 0. The van der Waals surface area contributed by atoms with Crippen molar-refractivity contribution in [1.29, 1.82) is 0 Å². The molecule has 0 spiro atoms. The molecule has 2 nitrogen and oxygen atoms in total. The van der Waals surface area contributed by atoms with Crippen LogP contribution in [0.25, 0.3) is 0 Å². The number of benzene rings is 1. The Bertz CT molecular complexity index is 1150. The molecule has 1 aromatic carbocycles. The van der Waals surface area contributed by atoms with E-state index in [-0.39, 0.29) is 0 Å². The summed E-state index contributed by atoms with van der Waals surface area (Å²) in [6.45, 7) is 3.34. The average Bonchev–Trinajstić information content (AvgIpc) is 2.84. The molecular formula is C22H17F21O2. The predicted molar refractivity (Wildman–Crippen MR) is 106 cm³/mol. The third-order valence-corrected chi connectivity index (χ3v) is 5.60. The van der Waals surface area contributed by atoms with E-state index in [1.807, 2.05) is 0 Å². The van der Waals surface area contributed by atoms with Crippen molar-refractivity contribution < 1.29 is 102 Å². The Morgan fingerprint density at radius 2 is 0.778 bits per heavy atom. The Balaban J connectivity index is 3.74. The number of rotatable bonds is 13. The van der Waals surface area contributed by atoms with Gasteiger partial charge in [0.25, 0.3) is 0 Å². The number of alkyl halides is 21. The van der Waals surface area contributed by atoms with Gasteiger partial charge in [0.05, 0.1) is 12.0 Å². The Kier molecular flexibility index (Phi) is 10.3. The van der Waals surface area contributed by atoms with Gasteiger partial charge in [-0.2, -0.15) is 92.2 Å². The van der Waals surface area contributed by atoms with Gasteiger partial charge in [-0.1, -0.05) is 30.3 Å². The van der Waals surface area contributed by atoms with E-state index in [4.69, 9.17) is 0 Å². The quantitative estimate of drug-likeness (QED) is 0.115.